The zero-order valence-electron chi connectivity index (χ0n) is 21.2. The van der Waals surface area contributed by atoms with E-state index in [1.807, 2.05) is 31.4 Å². The number of carbonyl (C=O) groups excluding carboxylic acids is 1. The number of nitrogens with one attached hydrogen (secondary N) is 1. The van der Waals surface area contributed by atoms with Crippen molar-refractivity contribution in [1.29, 1.82) is 0 Å². The highest BCUT2D eigenvalue weighted by Crippen LogP contribution is 2.33. The zero-order valence-corrected chi connectivity index (χ0v) is 22.1. The number of carbonyl (C=O) groups is 1. The number of thiazole rings is 1. The summed E-state index contributed by atoms with van der Waals surface area (Å²) in [5.41, 5.74) is 2.87. The smallest absolute Gasteiger partial charge is 0.273 e. The molecular weight excluding hydrogens is 470 g/mol. The first-order valence-corrected chi connectivity index (χ1v) is 14.5. The Kier molecular flexibility index (Phi) is 6.98. The number of hydrogen-bond acceptors (Lipinski definition) is 6. The maximum absolute atomic E-state index is 13.0. The molecule has 36 heavy (non-hydrogen) atoms. The van der Waals surface area contributed by atoms with Gasteiger partial charge in [-0.2, -0.15) is 5.10 Å². The number of nitrogens with zero attached hydrogens (tertiary/aromatic N) is 4. The molecule has 1 aliphatic heterocycles. The van der Waals surface area contributed by atoms with Crippen molar-refractivity contribution >= 4 is 28.1 Å². The highest BCUT2D eigenvalue weighted by atomic mass is 32.1. The Morgan fingerprint density at radius 3 is 2.75 bits per heavy atom. The SMILES string of the molecule is Cn1cc2c(C(=O)NC3CCC(CCN4CCc5nc(OCC6CC6)sc5CC4)CC3)cccc2n1. The molecule has 2 fully saturated rings. The first-order chi connectivity index (χ1) is 17.6. The Morgan fingerprint density at radius 2 is 1.92 bits per heavy atom. The summed E-state index contributed by atoms with van der Waals surface area (Å²) in [6.07, 6.45) is 12.5. The minimum absolute atomic E-state index is 0.0313. The molecular formula is C28H37N5O2S. The molecule has 1 N–H and O–H groups in total. The van der Waals surface area contributed by atoms with Gasteiger partial charge in [-0.05, 0) is 81.9 Å². The maximum atomic E-state index is 13.0. The average Bonchev–Trinajstić information content (AvgIpc) is 3.56. The summed E-state index contributed by atoms with van der Waals surface area (Å²) >= 11 is 1.77. The van der Waals surface area contributed by atoms with Crippen LogP contribution in [0.2, 0.25) is 0 Å². The minimum atomic E-state index is 0.0313. The molecule has 2 aromatic heterocycles. The van der Waals surface area contributed by atoms with Gasteiger partial charge in [0.2, 0.25) is 0 Å². The van der Waals surface area contributed by atoms with Gasteiger partial charge in [0.15, 0.2) is 0 Å². The van der Waals surface area contributed by atoms with Crippen LogP contribution in [0.1, 0.15) is 65.9 Å². The number of aryl methyl sites for hydroxylation is 1. The molecule has 2 aliphatic carbocycles. The predicted molar refractivity (Wildman–Crippen MR) is 143 cm³/mol. The fourth-order valence-corrected chi connectivity index (χ4v) is 6.68. The molecule has 8 heteroatoms. The molecule has 7 nitrogen and oxygen atoms in total. The number of hydrogen-bond donors (Lipinski definition) is 1. The van der Waals surface area contributed by atoms with E-state index >= 15 is 0 Å². The number of aromatic nitrogens is 3. The zero-order chi connectivity index (χ0) is 24.5. The lowest BCUT2D eigenvalue weighted by Crippen LogP contribution is -2.38. The molecule has 0 bridgehead atoms. The highest BCUT2D eigenvalue weighted by molar-refractivity contribution is 7.13. The molecule has 2 saturated carbocycles. The van der Waals surface area contributed by atoms with Crippen molar-refractivity contribution in [3.05, 3.63) is 40.5 Å². The third-order valence-electron chi connectivity index (χ3n) is 8.16. The molecule has 3 aliphatic rings. The van der Waals surface area contributed by atoms with Crippen LogP contribution in [0, 0.1) is 11.8 Å². The van der Waals surface area contributed by atoms with Gasteiger partial charge in [0.25, 0.3) is 11.1 Å². The van der Waals surface area contributed by atoms with Gasteiger partial charge in [-0.15, -0.1) is 0 Å². The van der Waals surface area contributed by atoms with Gasteiger partial charge < -0.3 is 15.0 Å². The van der Waals surface area contributed by atoms with Crippen LogP contribution >= 0.6 is 11.3 Å². The van der Waals surface area contributed by atoms with E-state index in [9.17, 15) is 4.79 Å². The summed E-state index contributed by atoms with van der Waals surface area (Å²) in [5.74, 6) is 1.57. The number of rotatable bonds is 8. The standard InChI is InChI=1S/C28H37N5O2S/c1-32-17-23-22(3-2-4-24(23)31-32)27(34)29-21-9-7-19(8-10-21)11-14-33-15-12-25-26(13-16-33)36-28(30-25)35-18-20-5-6-20/h2-4,17,19-21H,5-16,18H2,1H3,(H,29,34). The van der Waals surface area contributed by atoms with Crippen LogP contribution in [0.3, 0.4) is 0 Å². The van der Waals surface area contributed by atoms with Crippen molar-refractivity contribution < 1.29 is 9.53 Å². The molecule has 1 amide bonds. The molecule has 3 heterocycles. The summed E-state index contributed by atoms with van der Waals surface area (Å²) < 4.78 is 7.69. The van der Waals surface area contributed by atoms with Crippen LogP contribution in [0.4, 0.5) is 0 Å². The van der Waals surface area contributed by atoms with E-state index in [0.29, 0.717) is 0 Å². The molecule has 3 aromatic rings. The fourth-order valence-electron chi connectivity index (χ4n) is 5.73. The summed E-state index contributed by atoms with van der Waals surface area (Å²) in [7, 11) is 1.90. The summed E-state index contributed by atoms with van der Waals surface area (Å²) in [6.45, 7) is 4.25. The monoisotopic (exact) mass is 507 g/mol. The first kappa shape index (κ1) is 23.9. The highest BCUT2D eigenvalue weighted by Gasteiger charge is 2.26. The average molecular weight is 508 g/mol. The fraction of sp³-hybridized carbons (Fsp3) is 0.607. The normalized spacial score (nSPS) is 22.8. The van der Waals surface area contributed by atoms with Crippen LogP contribution < -0.4 is 10.1 Å². The Bertz CT molecular complexity index is 1180. The van der Waals surface area contributed by atoms with E-state index < -0.39 is 0 Å². The lowest BCUT2D eigenvalue weighted by molar-refractivity contribution is 0.0921. The molecule has 6 rings (SSSR count). The second-order valence-corrected chi connectivity index (χ2v) is 12.0. The third-order valence-corrected chi connectivity index (χ3v) is 9.23. The molecule has 0 radical (unpaired) electrons. The van der Waals surface area contributed by atoms with E-state index in [4.69, 9.17) is 9.72 Å². The Balaban J connectivity index is 0.931. The van der Waals surface area contributed by atoms with E-state index in [1.165, 1.54) is 49.2 Å². The third kappa shape index (κ3) is 5.59. The largest absolute Gasteiger partial charge is 0.470 e. The van der Waals surface area contributed by atoms with Gasteiger partial charge in [-0.3, -0.25) is 9.48 Å². The van der Waals surface area contributed by atoms with E-state index in [1.54, 1.807) is 16.0 Å². The van der Waals surface area contributed by atoms with Crippen molar-refractivity contribution in [2.75, 3.05) is 26.2 Å². The second-order valence-electron chi connectivity index (χ2n) is 11.0. The maximum Gasteiger partial charge on any atom is 0.273 e. The Labute approximate surface area is 217 Å². The topological polar surface area (TPSA) is 72.3 Å². The van der Waals surface area contributed by atoms with Gasteiger partial charge in [-0.25, -0.2) is 4.98 Å². The number of amides is 1. The lowest BCUT2D eigenvalue weighted by atomic mass is 9.84. The van der Waals surface area contributed by atoms with Gasteiger partial charge in [0.05, 0.1) is 23.4 Å². The van der Waals surface area contributed by atoms with E-state index in [-0.39, 0.29) is 11.9 Å². The molecule has 0 unspecified atom stereocenters. The molecule has 1 aromatic carbocycles. The Morgan fingerprint density at radius 1 is 1.11 bits per heavy atom. The quantitative estimate of drug-likeness (QED) is 0.483. The second kappa shape index (κ2) is 10.5. The van der Waals surface area contributed by atoms with Crippen LogP contribution in [0.15, 0.2) is 24.4 Å². The molecule has 0 spiro atoms. The summed E-state index contributed by atoms with van der Waals surface area (Å²) in [6, 6.07) is 6.06. The Hall–Kier alpha value is -2.45. The number of benzene rings is 1. The van der Waals surface area contributed by atoms with Crippen molar-refractivity contribution in [3.8, 4) is 5.19 Å². The summed E-state index contributed by atoms with van der Waals surface area (Å²) in [4.78, 5) is 21.8. The first-order valence-electron chi connectivity index (χ1n) is 13.7. The molecule has 0 saturated heterocycles. The molecule has 0 atom stereocenters. The van der Waals surface area contributed by atoms with Crippen LogP contribution in [0.25, 0.3) is 10.9 Å². The van der Waals surface area contributed by atoms with Crippen LogP contribution in [-0.4, -0.2) is 57.9 Å². The lowest BCUT2D eigenvalue weighted by Gasteiger charge is -2.30. The molecule has 192 valence electrons. The minimum Gasteiger partial charge on any atom is -0.470 e. The predicted octanol–water partition coefficient (Wildman–Crippen LogP) is 4.60. The number of ether oxygens (including phenoxy) is 1. The van der Waals surface area contributed by atoms with Gasteiger partial charge in [-0.1, -0.05) is 17.4 Å². The number of fused-ring (bicyclic) bond motifs is 2. The van der Waals surface area contributed by atoms with Gasteiger partial charge in [0.1, 0.15) is 0 Å². The van der Waals surface area contributed by atoms with E-state index in [0.717, 1.165) is 78.9 Å². The van der Waals surface area contributed by atoms with Crippen molar-refractivity contribution in [2.24, 2.45) is 18.9 Å². The van der Waals surface area contributed by atoms with Gasteiger partial charge in [0, 0.05) is 49.1 Å². The van der Waals surface area contributed by atoms with Crippen LogP contribution in [0.5, 0.6) is 5.19 Å². The van der Waals surface area contributed by atoms with Crippen LogP contribution in [-0.2, 0) is 19.9 Å². The van der Waals surface area contributed by atoms with E-state index in [2.05, 4.69) is 15.3 Å². The van der Waals surface area contributed by atoms with Gasteiger partial charge >= 0.3 is 0 Å². The van der Waals surface area contributed by atoms with Crippen molar-refractivity contribution in [3.63, 3.8) is 0 Å². The van der Waals surface area contributed by atoms with Crippen molar-refractivity contribution in [2.45, 2.75) is 63.8 Å². The van der Waals surface area contributed by atoms with Crippen molar-refractivity contribution in [1.82, 2.24) is 25.0 Å². The summed E-state index contributed by atoms with van der Waals surface area (Å²) in [5, 5.41) is 9.54.